The van der Waals surface area contributed by atoms with Crippen LogP contribution in [0.5, 0.6) is 17.2 Å². The lowest BCUT2D eigenvalue weighted by molar-refractivity contribution is -0.274. The Hall–Kier alpha value is -4.30. The first-order chi connectivity index (χ1) is 19.6. The molecule has 3 aromatic rings. The zero-order chi connectivity index (χ0) is 29.4. The summed E-state index contributed by atoms with van der Waals surface area (Å²) < 4.78 is 53.9. The van der Waals surface area contributed by atoms with Gasteiger partial charge in [-0.1, -0.05) is 18.2 Å². The van der Waals surface area contributed by atoms with Crippen molar-refractivity contribution in [3.63, 3.8) is 0 Å². The number of carbonyl (C=O) groups is 1. The number of rotatable bonds is 11. The number of para-hydroxylation sites is 1. The molecule has 0 spiro atoms. The van der Waals surface area contributed by atoms with Crippen LogP contribution in [0.15, 0.2) is 54.7 Å². The van der Waals surface area contributed by atoms with Gasteiger partial charge in [-0.25, -0.2) is 4.98 Å². The van der Waals surface area contributed by atoms with Crippen LogP contribution in [-0.4, -0.2) is 85.7 Å². The van der Waals surface area contributed by atoms with Crippen LogP contribution in [0.4, 0.5) is 35.4 Å². The second kappa shape index (κ2) is 13.4. The third kappa shape index (κ3) is 8.59. The summed E-state index contributed by atoms with van der Waals surface area (Å²) in [4.78, 5) is 25.6. The maximum Gasteiger partial charge on any atom is 0.573 e. The van der Waals surface area contributed by atoms with E-state index in [1.807, 2.05) is 0 Å². The Balaban J connectivity index is 1.43. The van der Waals surface area contributed by atoms with Crippen LogP contribution in [0.3, 0.4) is 0 Å². The van der Waals surface area contributed by atoms with Crippen molar-refractivity contribution in [2.24, 2.45) is 0 Å². The number of halogens is 3. The van der Waals surface area contributed by atoms with E-state index in [2.05, 4.69) is 36.9 Å². The number of likely N-dealkylation sites (N-methyl/N-ethyl adjacent to an activating group) is 1. The molecular weight excluding hydrogens is 545 g/mol. The Kier molecular flexibility index (Phi) is 9.68. The van der Waals surface area contributed by atoms with Gasteiger partial charge in [0.25, 0.3) is 0 Å². The topological polar surface area (TPSA) is 115 Å². The van der Waals surface area contributed by atoms with E-state index >= 15 is 0 Å². The summed E-state index contributed by atoms with van der Waals surface area (Å²) in [5, 5.41) is 14.9. The number of alkyl halides is 3. The number of methoxy groups -OCH3 is 1. The highest BCUT2D eigenvalue weighted by Crippen LogP contribution is 2.32. The molecule has 0 unspecified atom stereocenters. The van der Waals surface area contributed by atoms with E-state index in [-0.39, 0.29) is 17.3 Å². The van der Waals surface area contributed by atoms with Crippen molar-refractivity contribution in [2.75, 3.05) is 63.7 Å². The molecule has 14 heteroatoms. The third-order valence-corrected chi connectivity index (χ3v) is 6.35. The molecule has 0 saturated carbocycles. The van der Waals surface area contributed by atoms with E-state index in [9.17, 15) is 23.1 Å². The van der Waals surface area contributed by atoms with Gasteiger partial charge in [0.1, 0.15) is 24.3 Å². The average molecular weight is 576 g/mol. The van der Waals surface area contributed by atoms with Crippen LogP contribution in [0.1, 0.15) is 5.56 Å². The summed E-state index contributed by atoms with van der Waals surface area (Å²) in [5.74, 6) is 0.433. The number of benzene rings is 2. The molecule has 1 aliphatic heterocycles. The molecule has 0 aliphatic carbocycles. The number of nitrogens with one attached hydrogen (secondary N) is 1. The summed E-state index contributed by atoms with van der Waals surface area (Å²) in [6, 6.07) is 11.7. The Morgan fingerprint density at radius 1 is 1.07 bits per heavy atom. The maximum absolute atomic E-state index is 12.8. The van der Waals surface area contributed by atoms with Crippen molar-refractivity contribution in [3.8, 4) is 17.2 Å². The van der Waals surface area contributed by atoms with E-state index in [0.29, 0.717) is 28.7 Å². The van der Waals surface area contributed by atoms with Crippen LogP contribution < -0.4 is 29.5 Å². The second-order valence-electron chi connectivity index (χ2n) is 9.23. The predicted molar refractivity (Wildman–Crippen MR) is 142 cm³/mol. The summed E-state index contributed by atoms with van der Waals surface area (Å²) in [6.07, 6.45) is -5.30. The van der Waals surface area contributed by atoms with Gasteiger partial charge in [-0.3, -0.25) is 4.90 Å². The van der Waals surface area contributed by atoms with E-state index in [1.165, 1.54) is 37.6 Å². The van der Waals surface area contributed by atoms with E-state index in [1.54, 1.807) is 18.2 Å². The minimum atomic E-state index is -4.94. The van der Waals surface area contributed by atoms with Gasteiger partial charge in [-0.05, 0) is 31.3 Å². The number of carboxylic acid groups (broad SMARTS) is 1. The Labute approximate surface area is 235 Å². The number of ether oxygens (including phenoxy) is 3. The van der Waals surface area contributed by atoms with Crippen molar-refractivity contribution < 1.29 is 37.3 Å². The van der Waals surface area contributed by atoms with E-state index in [0.717, 1.165) is 38.8 Å². The third-order valence-electron chi connectivity index (χ3n) is 6.35. The van der Waals surface area contributed by atoms with Gasteiger partial charge >= 0.3 is 6.36 Å². The van der Waals surface area contributed by atoms with Crippen molar-refractivity contribution >= 4 is 23.5 Å². The van der Waals surface area contributed by atoms with Crippen LogP contribution in [0.25, 0.3) is 0 Å². The molecule has 2 aromatic carbocycles. The van der Waals surface area contributed by atoms with Crippen LogP contribution in [0.2, 0.25) is 0 Å². The number of nitrogens with zero attached hydrogens (tertiary/aromatic N) is 5. The van der Waals surface area contributed by atoms with Gasteiger partial charge in [-0.2, -0.15) is 4.98 Å². The highest BCUT2D eigenvalue weighted by molar-refractivity contribution is 5.83. The van der Waals surface area contributed by atoms with Crippen LogP contribution >= 0.6 is 0 Å². The van der Waals surface area contributed by atoms with E-state index < -0.39 is 24.7 Å². The molecule has 11 nitrogen and oxygen atoms in total. The molecule has 1 aliphatic rings. The van der Waals surface area contributed by atoms with Crippen LogP contribution in [0, 0.1) is 0 Å². The first kappa shape index (κ1) is 29.7. The number of piperazine rings is 1. The Bertz CT molecular complexity index is 1320. The number of aromatic nitrogens is 2. The molecular formula is C27H30F3N6O5-. The molecule has 2 heterocycles. The van der Waals surface area contributed by atoms with E-state index in [4.69, 9.17) is 9.47 Å². The van der Waals surface area contributed by atoms with Crippen molar-refractivity contribution in [3.05, 3.63) is 60.3 Å². The Morgan fingerprint density at radius 2 is 1.83 bits per heavy atom. The van der Waals surface area contributed by atoms with Gasteiger partial charge in [0.2, 0.25) is 5.95 Å². The fraction of sp³-hybridized carbons (Fsp3) is 0.370. The molecule has 1 N–H and O–H groups in total. The molecule has 0 atom stereocenters. The number of hydrogen-bond donors (Lipinski definition) is 1. The molecule has 1 amide bonds. The first-order valence-electron chi connectivity index (χ1n) is 12.8. The molecule has 220 valence electrons. The first-order valence-corrected chi connectivity index (χ1v) is 12.8. The second-order valence-corrected chi connectivity index (χ2v) is 9.23. The van der Waals surface area contributed by atoms with Gasteiger partial charge in [0.05, 0.1) is 13.7 Å². The molecule has 4 rings (SSSR count). The molecule has 1 aromatic heterocycles. The summed E-state index contributed by atoms with van der Waals surface area (Å²) >= 11 is 0. The standard InChI is InChI=1S/C27H31F3N6O5/c1-34-11-13-35(14-12-34)15-16-40-22-8-7-20(17-23(22)39-2)32-25-31-10-9-24(33-25)36(26(37)38)18-19-5-3-4-6-21(19)41-27(28,29)30/h3-10,17H,11-16,18H2,1-2H3,(H,37,38)(H,31,32,33)/p-1. The SMILES string of the molecule is COc1cc(Nc2nccc(N(Cc3ccccc3OC(F)(F)F)C(=O)[O-])n2)ccc1OCCN1CCN(C)CC1. The van der Waals surface area contributed by atoms with Crippen molar-refractivity contribution in [1.29, 1.82) is 0 Å². The normalized spacial score (nSPS) is 14.4. The number of hydrogen-bond acceptors (Lipinski definition) is 10. The lowest BCUT2D eigenvalue weighted by Crippen LogP contribution is -2.45. The van der Waals surface area contributed by atoms with Crippen LogP contribution in [-0.2, 0) is 6.54 Å². The summed E-state index contributed by atoms with van der Waals surface area (Å²) in [5.41, 5.74) is 0.504. The van der Waals surface area contributed by atoms with Crippen molar-refractivity contribution in [2.45, 2.75) is 12.9 Å². The van der Waals surface area contributed by atoms with Gasteiger partial charge in [0, 0.05) is 56.2 Å². The lowest BCUT2D eigenvalue weighted by atomic mass is 10.2. The maximum atomic E-state index is 12.8. The molecule has 0 radical (unpaired) electrons. The average Bonchev–Trinajstić information content (AvgIpc) is 2.93. The fourth-order valence-corrected chi connectivity index (χ4v) is 4.18. The molecule has 1 saturated heterocycles. The summed E-state index contributed by atoms with van der Waals surface area (Å²) in [6.45, 7) is 4.80. The zero-order valence-electron chi connectivity index (χ0n) is 22.6. The lowest BCUT2D eigenvalue weighted by Gasteiger charge is -2.32. The highest BCUT2D eigenvalue weighted by atomic mass is 19.4. The minimum absolute atomic E-state index is 0.0323. The zero-order valence-corrected chi connectivity index (χ0v) is 22.6. The molecule has 1 fully saturated rings. The predicted octanol–water partition coefficient (Wildman–Crippen LogP) is 3.10. The minimum Gasteiger partial charge on any atom is -0.530 e. The summed E-state index contributed by atoms with van der Waals surface area (Å²) in [7, 11) is 3.62. The van der Waals surface area contributed by atoms with Crippen molar-refractivity contribution in [1.82, 2.24) is 19.8 Å². The quantitative estimate of drug-likeness (QED) is 0.366. The molecule has 41 heavy (non-hydrogen) atoms. The van der Waals surface area contributed by atoms with Gasteiger partial charge in [-0.15, -0.1) is 13.2 Å². The number of amides is 1. The number of anilines is 3. The monoisotopic (exact) mass is 575 g/mol. The largest absolute Gasteiger partial charge is 0.573 e. The number of carbonyl (C=O) groups excluding carboxylic acids is 1. The smallest absolute Gasteiger partial charge is 0.530 e. The molecule has 0 bridgehead atoms. The Morgan fingerprint density at radius 3 is 2.54 bits per heavy atom. The van der Waals surface area contributed by atoms with Gasteiger partial charge < -0.3 is 39.2 Å². The van der Waals surface area contributed by atoms with Gasteiger partial charge in [0.15, 0.2) is 11.5 Å². The fourth-order valence-electron chi connectivity index (χ4n) is 4.18. The highest BCUT2D eigenvalue weighted by Gasteiger charge is 2.32.